The number of thioether (sulfide) groups is 1. The second-order valence-corrected chi connectivity index (χ2v) is 11.4. The number of carbonyl (C=O) groups excluding carboxylic acids is 1. The minimum absolute atomic E-state index is 0.0274. The number of aryl methyl sites for hydroxylation is 1. The quantitative estimate of drug-likeness (QED) is 0.552. The number of nitrogens with one attached hydrogen (secondary N) is 1. The zero-order valence-electron chi connectivity index (χ0n) is 19.0. The van der Waals surface area contributed by atoms with Gasteiger partial charge in [0.15, 0.2) is 17.3 Å². The van der Waals surface area contributed by atoms with Crippen LogP contribution in [0.3, 0.4) is 0 Å². The van der Waals surface area contributed by atoms with E-state index in [9.17, 15) is 13.2 Å². The minimum atomic E-state index is -3.61. The summed E-state index contributed by atoms with van der Waals surface area (Å²) >= 11 is 7.22. The van der Waals surface area contributed by atoms with Crippen LogP contribution in [0.15, 0.2) is 52.1 Å². The molecule has 0 spiro atoms. The number of ether oxygens (including phenoxy) is 2. The van der Waals surface area contributed by atoms with Crippen LogP contribution in [0, 0.1) is 12.3 Å². The maximum Gasteiger partial charge on any atom is 0.283 e. The number of amidine groups is 2. The Kier molecular flexibility index (Phi) is 7.02. The van der Waals surface area contributed by atoms with E-state index in [0.717, 1.165) is 27.9 Å². The molecule has 35 heavy (non-hydrogen) atoms. The first-order valence-corrected chi connectivity index (χ1v) is 13.3. The topological polar surface area (TPSA) is 121 Å². The third-order valence-electron chi connectivity index (χ3n) is 5.15. The molecule has 12 heteroatoms. The van der Waals surface area contributed by atoms with Gasteiger partial charge in [-0.15, -0.1) is 5.10 Å². The van der Waals surface area contributed by atoms with Crippen LogP contribution >= 0.6 is 23.4 Å². The highest BCUT2D eigenvalue weighted by Gasteiger charge is 2.39. The summed E-state index contributed by atoms with van der Waals surface area (Å²) in [5.74, 6) is -0.434. The lowest BCUT2D eigenvalue weighted by Gasteiger charge is -2.20. The standard InChI is InChI=1S/C23H21ClN4O5S2/c1-4-35(30,31)23-27-28-20(25)16(21(29)26-22(28)34-23)9-15-10-17(24)19(18(11-15)32-3)33-12-14-7-5-13(2)6-8-14/h5-11,25H,4,12H2,1-3H3/b16-9-,25-20?. The van der Waals surface area contributed by atoms with Crippen molar-refractivity contribution >= 4 is 60.6 Å². The molecule has 0 unspecified atom stereocenters. The van der Waals surface area contributed by atoms with Crippen LogP contribution in [0.4, 0.5) is 0 Å². The molecule has 0 radical (unpaired) electrons. The van der Waals surface area contributed by atoms with Crippen LogP contribution in [0.25, 0.3) is 6.08 Å². The number of nitrogens with zero attached hydrogens (tertiary/aromatic N) is 3. The van der Waals surface area contributed by atoms with E-state index in [2.05, 4.69) is 10.1 Å². The van der Waals surface area contributed by atoms with Crippen LogP contribution in [-0.4, -0.2) is 47.6 Å². The lowest BCUT2D eigenvalue weighted by Crippen LogP contribution is -2.35. The molecular formula is C23H21ClN4O5S2. The second-order valence-electron chi connectivity index (χ2n) is 7.60. The fourth-order valence-corrected chi connectivity index (χ4v) is 5.63. The summed E-state index contributed by atoms with van der Waals surface area (Å²) < 4.78 is 35.5. The van der Waals surface area contributed by atoms with Crippen LogP contribution < -0.4 is 9.47 Å². The van der Waals surface area contributed by atoms with Crippen molar-refractivity contribution in [1.82, 2.24) is 5.01 Å². The van der Waals surface area contributed by atoms with E-state index in [1.807, 2.05) is 31.2 Å². The number of amides is 1. The minimum Gasteiger partial charge on any atom is -0.493 e. The normalized spacial score (nSPS) is 16.8. The smallest absolute Gasteiger partial charge is 0.283 e. The number of sulfone groups is 1. The second kappa shape index (κ2) is 9.84. The Morgan fingerprint density at radius 1 is 1.23 bits per heavy atom. The summed E-state index contributed by atoms with van der Waals surface area (Å²) in [5, 5.41) is 13.7. The maximum atomic E-state index is 12.6. The molecule has 0 fully saturated rings. The van der Waals surface area contributed by atoms with Crippen LogP contribution in [0.5, 0.6) is 11.5 Å². The van der Waals surface area contributed by atoms with Gasteiger partial charge in [0.05, 0.1) is 23.5 Å². The number of fused-ring (bicyclic) bond motifs is 1. The lowest BCUT2D eigenvalue weighted by molar-refractivity contribution is -0.114. The van der Waals surface area contributed by atoms with E-state index >= 15 is 0 Å². The fraction of sp³-hybridized carbons (Fsp3) is 0.217. The monoisotopic (exact) mass is 532 g/mol. The molecule has 182 valence electrons. The van der Waals surface area contributed by atoms with Gasteiger partial charge in [-0.1, -0.05) is 48.4 Å². The summed E-state index contributed by atoms with van der Waals surface area (Å²) in [6.07, 6.45) is 1.43. The summed E-state index contributed by atoms with van der Waals surface area (Å²) in [7, 11) is -2.14. The van der Waals surface area contributed by atoms with Crippen molar-refractivity contribution in [2.45, 2.75) is 20.5 Å². The molecule has 2 aromatic rings. The first-order valence-electron chi connectivity index (χ1n) is 10.4. The zero-order chi connectivity index (χ0) is 25.3. The van der Waals surface area contributed by atoms with Gasteiger partial charge in [0.1, 0.15) is 6.61 Å². The average molecular weight is 533 g/mol. The highest BCUT2D eigenvalue weighted by atomic mass is 35.5. The number of hydrogen-bond donors (Lipinski definition) is 1. The third kappa shape index (κ3) is 5.12. The van der Waals surface area contributed by atoms with E-state index in [1.54, 1.807) is 12.1 Å². The highest BCUT2D eigenvalue weighted by molar-refractivity contribution is 8.42. The molecule has 0 saturated heterocycles. The summed E-state index contributed by atoms with van der Waals surface area (Å²) in [6, 6.07) is 11.1. The number of hydrazone groups is 1. The zero-order valence-corrected chi connectivity index (χ0v) is 21.4. The highest BCUT2D eigenvalue weighted by Crippen LogP contribution is 2.38. The Hall–Kier alpha value is -3.15. The third-order valence-corrected chi connectivity index (χ3v) is 8.52. The van der Waals surface area contributed by atoms with Crippen LogP contribution in [-0.2, 0) is 21.2 Å². The number of carbonyl (C=O) groups is 1. The van der Waals surface area contributed by atoms with Gasteiger partial charge >= 0.3 is 0 Å². The predicted molar refractivity (Wildman–Crippen MR) is 138 cm³/mol. The Morgan fingerprint density at radius 2 is 1.94 bits per heavy atom. The average Bonchev–Trinajstić information content (AvgIpc) is 3.27. The van der Waals surface area contributed by atoms with Crippen molar-refractivity contribution in [3.63, 3.8) is 0 Å². The molecule has 0 aliphatic carbocycles. The number of methoxy groups -OCH3 is 1. The van der Waals surface area contributed by atoms with Crippen molar-refractivity contribution in [3.8, 4) is 11.5 Å². The van der Waals surface area contributed by atoms with Gasteiger partial charge in [0, 0.05) is 0 Å². The van der Waals surface area contributed by atoms with Gasteiger partial charge in [-0.3, -0.25) is 10.2 Å². The van der Waals surface area contributed by atoms with E-state index < -0.39 is 15.7 Å². The number of benzene rings is 2. The van der Waals surface area contributed by atoms with Crippen molar-refractivity contribution in [2.24, 2.45) is 10.1 Å². The maximum absolute atomic E-state index is 12.6. The largest absolute Gasteiger partial charge is 0.493 e. The van der Waals surface area contributed by atoms with Crippen LogP contribution in [0.2, 0.25) is 5.02 Å². The van der Waals surface area contributed by atoms with Crippen molar-refractivity contribution in [2.75, 3.05) is 12.9 Å². The molecule has 1 amide bonds. The first kappa shape index (κ1) is 25.0. The SMILES string of the molecule is CCS(=O)(=O)C1=NN2C(=N)/C(=C/c3cc(Cl)c(OCc4ccc(C)cc4)c(OC)c3)C(=O)N=C2S1. The Bertz CT molecular complexity index is 1420. The van der Waals surface area contributed by atoms with E-state index in [-0.39, 0.29) is 38.3 Å². The molecule has 1 N–H and O–H groups in total. The van der Waals surface area contributed by atoms with Gasteiger partial charge in [-0.2, -0.15) is 10.0 Å². The summed E-state index contributed by atoms with van der Waals surface area (Å²) in [4.78, 5) is 16.6. The Labute approximate surface area is 211 Å². The van der Waals surface area contributed by atoms with Gasteiger partial charge in [-0.05, 0) is 48.0 Å². The number of halogens is 1. The Morgan fingerprint density at radius 3 is 2.60 bits per heavy atom. The fourth-order valence-electron chi connectivity index (χ4n) is 3.19. The van der Waals surface area contributed by atoms with Gasteiger partial charge in [-0.25, -0.2) is 8.42 Å². The van der Waals surface area contributed by atoms with Gasteiger partial charge in [0.2, 0.25) is 19.4 Å². The predicted octanol–water partition coefficient (Wildman–Crippen LogP) is 4.25. The Balaban J connectivity index is 1.62. The molecule has 0 saturated carbocycles. The van der Waals surface area contributed by atoms with Crippen molar-refractivity contribution in [3.05, 3.63) is 63.7 Å². The molecule has 0 bridgehead atoms. The van der Waals surface area contributed by atoms with E-state index in [1.165, 1.54) is 20.1 Å². The molecule has 2 aliphatic heterocycles. The molecule has 4 rings (SSSR count). The molecule has 0 aromatic heterocycles. The molecule has 2 aliphatic rings. The summed E-state index contributed by atoms with van der Waals surface area (Å²) in [5.41, 5.74) is 2.50. The van der Waals surface area contributed by atoms with E-state index in [0.29, 0.717) is 17.1 Å². The lowest BCUT2D eigenvalue weighted by atomic mass is 10.1. The van der Waals surface area contributed by atoms with Gasteiger partial charge < -0.3 is 9.47 Å². The first-order chi connectivity index (χ1) is 16.6. The van der Waals surface area contributed by atoms with Gasteiger partial charge in [0.25, 0.3) is 5.91 Å². The van der Waals surface area contributed by atoms with Crippen molar-refractivity contribution < 1.29 is 22.7 Å². The number of aliphatic imine (C=N–C) groups is 1. The molecule has 2 aromatic carbocycles. The summed E-state index contributed by atoms with van der Waals surface area (Å²) in [6.45, 7) is 3.78. The molecule has 0 atom stereocenters. The van der Waals surface area contributed by atoms with E-state index in [4.69, 9.17) is 26.5 Å². The molecular weight excluding hydrogens is 512 g/mol. The number of rotatable bonds is 6. The van der Waals surface area contributed by atoms with Crippen LogP contribution in [0.1, 0.15) is 23.6 Å². The molecule has 2 heterocycles. The van der Waals surface area contributed by atoms with Crippen molar-refractivity contribution in [1.29, 1.82) is 5.41 Å². The number of hydrogen-bond acceptors (Lipinski definition) is 8. The molecule has 9 nitrogen and oxygen atoms in total.